The van der Waals surface area contributed by atoms with E-state index in [1.807, 2.05) is 0 Å². The Morgan fingerprint density at radius 3 is 2.40 bits per heavy atom. The van der Waals surface area contributed by atoms with Crippen LogP contribution < -0.4 is 10.5 Å². The summed E-state index contributed by atoms with van der Waals surface area (Å²) in [5.41, 5.74) is 0.853. The van der Waals surface area contributed by atoms with Crippen molar-refractivity contribution < 1.29 is 17.4 Å². The molecule has 0 aliphatic heterocycles. The molecule has 0 aromatic heterocycles. The highest BCUT2D eigenvalue weighted by Gasteiger charge is 2.07. The lowest BCUT2D eigenvalue weighted by atomic mass is 10.1. The van der Waals surface area contributed by atoms with E-state index in [2.05, 4.69) is 5.32 Å². The molecule has 1 amide bonds. The Labute approximate surface area is 121 Å². The number of nitrogens with two attached hydrogens (primary N) is 1. The van der Waals surface area contributed by atoms with Gasteiger partial charge in [-0.25, -0.2) is 13.6 Å². The molecule has 6 nitrogen and oxygen atoms in total. The van der Waals surface area contributed by atoms with Crippen molar-refractivity contribution >= 4 is 26.7 Å². The van der Waals surface area contributed by atoms with Crippen LogP contribution in [0.3, 0.4) is 0 Å². The first-order valence-electron chi connectivity index (χ1n) is 5.97. The van der Waals surface area contributed by atoms with Crippen LogP contribution in [0, 0.1) is 0 Å². The number of benzene rings is 1. The summed E-state index contributed by atoms with van der Waals surface area (Å²) in [6.45, 7) is 0.395. The van der Waals surface area contributed by atoms with Gasteiger partial charge in [-0.2, -0.15) is 0 Å². The molecule has 0 bridgehead atoms. The number of hydrogen-bond acceptors (Lipinski definition) is 4. The molecule has 0 saturated carbocycles. The Morgan fingerprint density at radius 1 is 1.30 bits per heavy atom. The van der Waals surface area contributed by atoms with Gasteiger partial charge >= 0.3 is 0 Å². The van der Waals surface area contributed by atoms with Gasteiger partial charge in [-0.15, -0.1) is 0 Å². The molecule has 1 atom stereocenters. The molecule has 0 aliphatic rings. The van der Waals surface area contributed by atoms with Crippen LogP contribution in [0.5, 0.6) is 0 Å². The van der Waals surface area contributed by atoms with Gasteiger partial charge in [-0.05, 0) is 24.1 Å². The van der Waals surface area contributed by atoms with Crippen molar-refractivity contribution in [2.45, 2.75) is 17.7 Å². The molecular weight excluding hydrogens is 300 g/mol. The number of carbonyl (C=O) groups excluding carboxylic acids is 1. The Morgan fingerprint density at radius 2 is 1.90 bits per heavy atom. The first-order chi connectivity index (χ1) is 9.29. The van der Waals surface area contributed by atoms with Crippen molar-refractivity contribution in [3.8, 4) is 0 Å². The first kappa shape index (κ1) is 16.8. The molecule has 1 aromatic rings. The number of primary sulfonamides is 1. The van der Waals surface area contributed by atoms with Crippen LogP contribution in [0.15, 0.2) is 29.2 Å². The van der Waals surface area contributed by atoms with Crippen LogP contribution in [0.2, 0.25) is 0 Å². The zero-order valence-corrected chi connectivity index (χ0v) is 12.8. The van der Waals surface area contributed by atoms with E-state index in [1.165, 1.54) is 12.1 Å². The fourth-order valence-corrected chi connectivity index (χ4v) is 2.43. The summed E-state index contributed by atoms with van der Waals surface area (Å²) < 4.78 is 33.0. The predicted octanol–water partition coefficient (Wildman–Crippen LogP) is -0.239. The minimum absolute atomic E-state index is 0.0520. The summed E-state index contributed by atoms with van der Waals surface area (Å²) in [6, 6.07) is 6.11. The number of sulfonamides is 1. The third kappa shape index (κ3) is 6.27. The van der Waals surface area contributed by atoms with Gasteiger partial charge in [0.1, 0.15) is 0 Å². The molecule has 20 heavy (non-hydrogen) atoms. The average Bonchev–Trinajstić information content (AvgIpc) is 2.35. The Hall–Kier alpha value is -1.25. The summed E-state index contributed by atoms with van der Waals surface area (Å²) in [7, 11) is -4.60. The third-order valence-electron chi connectivity index (χ3n) is 2.60. The number of carbonyl (C=O) groups is 1. The zero-order valence-electron chi connectivity index (χ0n) is 11.2. The largest absolute Gasteiger partial charge is 0.355 e. The Bertz CT molecular complexity index is 582. The fourth-order valence-electron chi connectivity index (χ4n) is 1.53. The molecule has 1 rings (SSSR count). The van der Waals surface area contributed by atoms with Crippen molar-refractivity contribution in [2.75, 3.05) is 18.6 Å². The number of rotatable bonds is 7. The van der Waals surface area contributed by atoms with E-state index in [0.717, 1.165) is 5.56 Å². The molecule has 0 radical (unpaired) electrons. The highest BCUT2D eigenvalue weighted by Crippen LogP contribution is 2.10. The van der Waals surface area contributed by atoms with Crippen molar-refractivity contribution in [3.63, 3.8) is 0 Å². The maximum atomic E-state index is 11.5. The van der Waals surface area contributed by atoms with Crippen molar-refractivity contribution in [3.05, 3.63) is 29.8 Å². The molecule has 112 valence electrons. The van der Waals surface area contributed by atoms with E-state index in [4.69, 9.17) is 5.14 Å². The van der Waals surface area contributed by atoms with Crippen molar-refractivity contribution in [2.24, 2.45) is 5.14 Å². The van der Waals surface area contributed by atoms with Gasteiger partial charge < -0.3 is 5.32 Å². The Kier molecular flexibility index (Phi) is 6.31. The van der Waals surface area contributed by atoms with Crippen LogP contribution in [0.4, 0.5) is 0 Å². The van der Waals surface area contributed by atoms with E-state index in [0.29, 0.717) is 25.1 Å². The molecule has 8 heteroatoms. The summed E-state index contributed by atoms with van der Waals surface area (Å²) in [5.74, 6) is 0.320. The van der Waals surface area contributed by atoms with E-state index in [-0.39, 0.29) is 10.8 Å². The SMILES string of the molecule is CS(=O)CCNC(=O)CCc1ccc(S(N)(=O)=O)cc1. The second-order valence-electron chi connectivity index (χ2n) is 4.32. The predicted molar refractivity (Wildman–Crippen MR) is 78.1 cm³/mol. The highest BCUT2D eigenvalue weighted by atomic mass is 32.2. The van der Waals surface area contributed by atoms with E-state index in [9.17, 15) is 17.4 Å². The molecule has 0 spiro atoms. The molecule has 1 unspecified atom stereocenters. The molecular formula is C12H18N2O4S2. The van der Waals surface area contributed by atoms with E-state index in [1.54, 1.807) is 18.4 Å². The summed E-state index contributed by atoms with van der Waals surface area (Å²) in [4.78, 5) is 11.6. The van der Waals surface area contributed by atoms with Gasteiger partial charge in [-0.3, -0.25) is 9.00 Å². The van der Waals surface area contributed by atoms with Gasteiger partial charge in [0.2, 0.25) is 15.9 Å². The maximum Gasteiger partial charge on any atom is 0.238 e. The van der Waals surface area contributed by atoms with Gasteiger partial charge in [0.25, 0.3) is 0 Å². The standard InChI is InChI=1S/C12H18N2O4S2/c1-19(16)9-8-14-12(15)7-4-10-2-5-11(6-3-10)20(13,17)18/h2-3,5-6H,4,7-9H2,1H3,(H,14,15)(H2,13,17,18). The monoisotopic (exact) mass is 318 g/mol. The zero-order chi connectivity index (χ0) is 15.2. The van der Waals surface area contributed by atoms with Gasteiger partial charge in [-0.1, -0.05) is 12.1 Å². The second-order valence-corrected chi connectivity index (χ2v) is 7.43. The molecule has 0 saturated heterocycles. The highest BCUT2D eigenvalue weighted by molar-refractivity contribution is 7.89. The van der Waals surface area contributed by atoms with Crippen LogP contribution in [-0.2, 0) is 32.0 Å². The second kappa shape index (κ2) is 7.51. The van der Waals surface area contributed by atoms with Crippen LogP contribution in [-0.4, -0.2) is 37.1 Å². The van der Waals surface area contributed by atoms with Gasteiger partial charge in [0.15, 0.2) is 0 Å². The van der Waals surface area contributed by atoms with E-state index < -0.39 is 20.8 Å². The Balaban J connectivity index is 2.42. The minimum Gasteiger partial charge on any atom is -0.355 e. The summed E-state index contributed by atoms with van der Waals surface area (Å²) in [6.07, 6.45) is 2.39. The number of amides is 1. The van der Waals surface area contributed by atoms with Crippen LogP contribution in [0.1, 0.15) is 12.0 Å². The van der Waals surface area contributed by atoms with Gasteiger partial charge in [0, 0.05) is 35.8 Å². The lowest BCUT2D eigenvalue weighted by Gasteiger charge is -2.05. The molecule has 0 fully saturated rings. The van der Waals surface area contributed by atoms with Crippen molar-refractivity contribution in [1.82, 2.24) is 5.32 Å². The first-order valence-corrected chi connectivity index (χ1v) is 9.25. The molecule has 0 aliphatic carbocycles. The smallest absolute Gasteiger partial charge is 0.238 e. The van der Waals surface area contributed by atoms with Crippen LogP contribution in [0.25, 0.3) is 0 Å². The fraction of sp³-hybridized carbons (Fsp3) is 0.417. The number of aryl methyl sites for hydroxylation is 1. The maximum absolute atomic E-state index is 11.5. The molecule has 1 aromatic carbocycles. The normalized spacial score (nSPS) is 12.9. The lowest BCUT2D eigenvalue weighted by Crippen LogP contribution is -2.27. The molecule has 3 N–H and O–H groups in total. The summed E-state index contributed by atoms with van der Waals surface area (Å²) >= 11 is 0. The van der Waals surface area contributed by atoms with Crippen molar-refractivity contribution in [1.29, 1.82) is 0 Å². The minimum atomic E-state index is -3.68. The summed E-state index contributed by atoms with van der Waals surface area (Å²) in [5, 5.41) is 7.66. The number of hydrogen-bond donors (Lipinski definition) is 2. The van der Waals surface area contributed by atoms with Crippen LogP contribution >= 0.6 is 0 Å². The lowest BCUT2D eigenvalue weighted by molar-refractivity contribution is -0.120. The van der Waals surface area contributed by atoms with E-state index >= 15 is 0 Å². The number of nitrogens with one attached hydrogen (secondary N) is 1. The quantitative estimate of drug-likeness (QED) is 0.723. The van der Waals surface area contributed by atoms with Gasteiger partial charge in [0.05, 0.1) is 4.90 Å². The third-order valence-corrected chi connectivity index (χ3v) is 4.31. The molecule has 0 heterocycles. The average molecular weight is 318 g/mol. The topological polar surface area (TPSA) is 106 Å².